The first-order valence-corrected chi connectivity index (χ1v) is 4.72. The van der Waals surface area contributed by atoms with Crippen molar-refractivity contribution in [1.82, 2.24) is 0 Å². The third-order valence-electron chi connectivity index (χ3n) is 2.20. The molecule has 0 aliphatic heterocycles. The molecule has 1 rings (SSSR count). The first kappa shape index (κ1) is 9.75. The van der Waals surface area contributed by atoms with Gasteiger partial charge in [-0.1, -0.05) is 6.08 Å². The van der Waals surface area contributed by atoms with E-state index in [4.69, 9.17) is 9.47 Å². The third-order valence-corrected chi connectivity index (χ3v) is 2.20. The largest absolute Gasteiger partial charge is 0.376 e. The van der Waals surface area contributed by atoms with E-state index in [9.17, 15) is 0 Å². The summed E-state index contributed by atoms with van der Waals surface area (Å²) in [6, 6.07) is 0. The first-order valence-electron chi connectivity index (χ1n) is 4.72. The Labute approximate surface area is 74.6 Å². The fourth-order valence-electron chi connectivity index (χ4n) is 1.68. The molecule has 2 nitrogen and oxygen atoms in total. The van der Waals surface area contributed by atoms with Crippen molar-refractivity contribution in [3.05, 3.63) is 12.7 Å². The van der Waals surface area contributed by atoms with Crippen molar-refractivity contribution in [1.29, 1.82) is 0 Å². The van der Waals surface area contributed by atoms with E-state index in [1.54, 1.807) is 6.08 Å². The summed E-state index contributed by atoms with van der Waals surface area (Å²) >= 11 is 0. The Morgan fingerprint density at radius 2 is 2.00 bits per heavy atom. The van der Waals surface area contributed by atoms with Crippen molar-refractivity contribution in [2.75, 3.05) is 13.2 Å². The first-order chi connectivity index (χ1) is 5.88. The van der Waals surface area contributed by atoms with Crippen molar-refractivity contribution < 1.29 is 9.47 Å². The summed E-state index contributed by atoms with van der Waals surface area (Å²) < 4.78 is 11.1. The number of ether oxygens (including phenoxy) is 2. The molecule has 0 aromatic heterocycles. The lowest BCUT2D eigenvalue weighted by molar-refractivity contribution is -0.0444. The van der Waals surface area contributed by atoms with Gasteiger partial charge in [0.1, 0.15) is 0 Å². The lowest BCUT2D eigenvalue weighted by Gasteiger charge is -2.19. The lowest BCUT2D eigenvalue weighted by atomic mass is 10.2. The number of rotatable bonds is 5. The molecule has 1 saturated carbocycles. The van der Waals surface area contributed by atoms with Crippen LogP contribution >= 0.6 is 0 Å². The van der Waals surface area contributed by atoms with Gasteiger partial charge in [0.2, 0.25) is 0 Å². The van der Waals surface area contributed by atoms with Crippen LogP contribution in [0.4, 0.5) is 0 Å². The molecule has 2 heteroatoms. The maximum atomic E-state index is 5.57. The molecule has 0 heterocycles. The molecule has 0 radical (unpaired) electrons. The van der Waals surface area contributed by atoms with E-state index in [1.165, 1.54) is 6.42 Å². The van der Waals surface area contributed by atoms with Crippen LogP contribution in [0.5, 0.6) is 0 Å². The van der Waals surface area contributed by atoms with Crippen LogP contribution in [0, 0.1) is 0 Å². The van der Waals surface area contributed by atoms with E-state index in [0.717, 1.165) is 19.4 Å². The molecule has 0 spiro atoms. The Kier molecular flexibility index (Phi) is 4.33. The summed E-state index contributed by atoms with van der Waals surface area (Å²) in [4.78, 5) is 0. The van der Waals surface area contributed by atoms with E-state index in [0.29, 0.717) is 18.8 Å². The van der Waals surface area contributed by atoms with Gasteiger partial charge in [-0.15, -0.1) is 6.58 Å². The molecule has 70 valence electrons. The standard InChI is InChI=1S/C10H18O2/c1-3-8-12-10-7-5-6-9(10)11-4-2/h3,9-10H,1,4-8H2,2H3. The predicted molar refractivity (Wildman–Crippen MR) is 49.2 cm³/mol. The summed E-state index contributed by atoms with van der Waals surface area (Å²) in [6.45, 7) is 7.09. The van der Waals surface area contributed by atoms with E-state index >= 15 is 0 Å². The SMILES string of the molecule is C=CCOC1CCCC1OCC. The monoisotopic (exact) mass is 170 g/mol. The molecule has 1 aliphatic rings. The fourth-order valence-corrected chi connectivity index (χ4v) is 1.68. The van der Waals surface area contributed by atoms with Gasteiger partial charge in [0, 0.05) is 6.61 Å². The molecule has 2 unspecified atom stereocenters. The van der Waals surface area contributed by atoms with Crippen LogP contribution in [-0.2, 0) is 9.47 Å². The van der Waals surface area contributed by atoms with Gasteiger partial charge in [-0.25, -0.2) is 0 Å². The average Bonchev–Trinajstić information content (AvgIpc) is 2.50. The van der Waals surface area contributed by atoms with Crippen LogP contribution in [0.1, 0.15) is 26.2 Å². The smallest absolute Gasteiger partial charge is 0.0840 e. The van der Waals surface area contributed by atoms with E-state index < -0.39 is 0 Å². The molecule has 1 aliphatic carbocycles. The second-order valence-corrected chi connectivity index (χ2v) is 3.09. The van der Waals surface area contributed by atoms with Crippen LogP contribution < -0.4 is 0 Å². The van der Waals surface area contributed by atoms with Crippen molar-refractivity contribution in [3.8, 4) is 0 Å². The Morgan fingerprint density at radius 1 is 1.33 bits per heavy atom. The molecular weight excluding hydrogens is 152 g/mol. The summed E-state index contributed by atoms with van der Waals surface area (Å²) in [5.74, 6) is 0. The lowest BCUT2D eigenvalue weighted by Crippen LogP contribution is -2.26. The van der Waals surface area contributed by atoms with Gasteiger partial charge in [0.25, 0.3) is 0 Å². The Bertz CT molecular complexity index is 134. The van der Waals surface area contributed by atoms with Crippen LogP contribution in [-0.4, -0.2) is 25.4 Å². The molecule has 0 N–H and O–H groups in total. The Morgan fingerprint density at radius 3 is 2.58 bits per heavy atom. The van der Waals surface area contributed by atoms with Crippen LogP contribution in [0.25, 0.3) is 0 Å². The van der Waals surface area contributed by atoms with Gasteiger partial charge >= 0.3 is 0 Å². The van der Waals surface area contributed by atoms with E-state index in [-0.39, 0.29) is 0 Å². The van der Waals surface area contributed by atoms with Crippen molar-refractivity contribution in [2.24, 2.45) is 0 Å². The molecular formula is C10H18O2. The van der Waals surface area contributed by atoms with E-state index in [2.05, 4.69) is 6.58 Å². The van der Waals surface area contributed by atoms with Crippen molar-refractivity contribution in [3.63, 3.8) is 0 Å². The Balaban J connectivity index is 2.25. The van der Waals surface area contributed by atoms with E-state index in [1.807, 2.05) is 6.92 Å². The maximum absolute atomic E-state index is 5.57. The summed E-state index contributed by atoms with van der Waals surface area (Å²) in [6.07, 6.45) is 5.94. The van der Waals surface area contributed by atoms with Crippen LogP contribution in [0.3, 0.4) is 0 Å². The summed E-state index contributed by atoms with van der Waals surface area (Å²) in [5, 5.41) is 0. The zero-order valence-electron chi connectivity index (χ0n) is 7.79. The molecule has 12 heavy (non-hydrogen) atoms. The summed E-state index contributed by atoms with van der Waals surface area (Å²) in [5.41, 5.74) is 0. The highest BCUT2D eigenvalue weighted by molar-refractivity contribution is 4.80. The van der Waals surface area contributed by atoms with Gasteiger partial charge in [-0.05, 0) is 26.2 Å². The molecule has 0 amide bonds. The minimum absolute atomic E-state index is 0.308. The van der Waals surface area contributed by atoms with Crippen LogP contribution in [0.15, 0.2) is 12.7 Å². The quantitative estimate of drug-likeness (QED) is 0.588. The van der Waals surface area contributed by atoms with Crippen LogP contribution in [0.2, 0.25) is 0 Å². The third kappa shape index (κ3) is 2.61. The molecule has 0 aromatic rings. The summed E-state index contributed by atoms with van der Waals surface area (Å²) in [7, 11) is 0. The zero-order valence-corrected chi connectivity index (χ0v) is 7.79. The predicted octanol–water partition coefficient (Wildman–Crippen LogP) is 2.15. The average molecular weight is 170 g/mol. The Hall–Kier alpha value is -0.340. The maximum Gasteiger partial charge on any atom is 0.0840 e. The molecule has 2 atom stereocenters. The van der Waals surface area contributed by atoms with Crippen molar-refractivity contribution >= 4 is 0 Å². The topological polar surface area (TPSA) is 18.5 Å². The highest BCUT2D eigenvalue weighted by Crippen LogP contribution is 2.24. The van der Waals surface area contributed by atoms with Gasteiger partial charge < -0.3 is 9.47 Å². The zero-order chi connectivity index (χ0) is 8.81. The van der Waals surface area contributed by atoms with Gasteiger partial charge in [-0.3, -0.25) is 0 Å². The second-order valence-electron chi connectivity index (χ2n) is 3.09. The highest BCUT2D eigenvalue weighted by Gasteiger charge is 2.27. The molecule has 0 aromatic carbocycles. The molecule has 0 bridgehead atoms. The van der Waals surface area contributed by atoms with Crippen molar-refractivity contribution in [2.45, 2.75) is 38.4 Å². The highest BCUT2D eigenvalue weighted by atomic mass is 16.5. The molecule has 0 saturated heterocycles. The molecule has 1 fully saturated rings. The van der Waals surface area contributed by atoms with Gasteiger partial charge in [0.05, 0.1) is 18.8 Å². The fraction of sp³-hybridized carbons (Fsp3) is 0.800. The van der Waals surface area contributed by atoms with Gasteiger partial charge in [-0.2, -0.15) is 0 Å². The normalized spacial score (nSPS) is 29.1. The minimum atomic E-state index is 0.308. The minimum Gasteiger partial charge on any atom is -0.376 e. The number of hydrogen-bond donors (Lipinski definition) is 0. The van der Waals surface area contributed by atoms with Gasteiger partial charge in [0.15, 0.2) is 0 Å². The second kappa shape index (κ2) is 5.33. The number of hydrogen-bond acceptors (Lipinski definition) is 2.